The zero-order valence-electron chi connectivity index (χ0n) is 8.23. The first-order chi connectivity index (χ1) is 5.88. The quantitative estimate of drug-likeness (QED) is 0.512. The minimum absolute atomic E-state index is 0.981. The molecule has 2 saturated carbocycles. The Bertz CT molecular complexity index is 176. The van der Waals surface area contributed by atoms with Crippen molar-refractivity contribution in [1.82, 2.24) is 0 Å². The van der Waals surface area contributed by atoms with Crippen molar-refractivity contribution in [3.63, 3.8) is 0 Å². The van der Waals surface area contributed by atoms with Gasteiger partial charge < -0.3 is 0 Å². The van der Waals surface area contributed by atoms with E-state index in [-0.39, 0.29) is 0 Å². The van der Waals surface area contributed by atoms with E-state index in [4.69, 9.17) is 0 Å². The van der Waals surface area contributed by atoms with Gasteiger partial charge in [0.15, 0.2) is 0 Å². The molecule has 2 aliphatic carbocycles. The smallest absolute Gasteiger partial charge is 0.0203 e. The third kappa shape index (κ3) is 1.57. The summed E-state index contributed by atoms with van der Waals surface area (Å²) < 4.78 is 0. The molecule has 0 bridgehead atoms. The van der Waals surface area contributed by atoms with Crippen molar-refractivity contribution in [1.29, 1.82) is 0 Å². The van der Waals surface area contributed by atoms with Gasteiger partial charge in [-0.2, -0.15) is 0 Å². The van der Waals surface area contributed by atoms with E-state index in [1.165, 1.54) is 51.4 Å². The molecular weight excluding hydrogens is 144 g/mol. The molecule has 0 nitrogen and oxygen atoms in total. The van der Waals surface area contributed by atoms with Gasteiger partial charge in [-0.1, -0.05) is 30.4 Å². The Balaban J connectivity index is 1.97. The minimum atomic E-state index is 0.981. The summed E-state index contributed by atoms with van der Waals surface area (Å²) in [5.74, 6) is 0.981. The van der Waals surface area contributed by atoms with Gasteiger partial charge in [-0.3, -0.25) is 0 Å². The van der Waals surface area contributed by atoms with Crippen LogP contribution in [-0.2, 0) is 0 Å². The summed E-state index contributed by atoms with van der Waals surface area (Å²) in [4.78, 5) is 0. The molecule has 0 atom stereocenters. The Morgan fingerprint density at radius 2 is 1.67 bits per heavy atom. The van der Waals surface area contributed by atoms with E-state index >= 15 is 0 Å². The Labute approximate surface area is 76.1 Å². The molecule has 0 aliphatic heterocycles. The van der Waals surface area contributed by atoms with Gasteiger partial charge in [-0.25, -0.2) is 0 Å². The summed E-state index contributed by atoms with van der Waals surface area (Å²) in [6.07, 6.45) is 11.7. The maximum atomic E-state index is 2.39. The average Bonchev–Trinajstić information content (AvgIpc) is 2.03. The van der Waals surface area contributed by atoms with Gasteiger partial charge in [0.25, 0.3) is 0 Å². The van der Waals surface area contributed by atoms with Crippen LogP contribution in [0.4, 0.5) is 0 Å². The summed E-state index contributed by atoms with van der Waals surface area (Å²) in [5.41, 5.74) is 3.59. The van der Waals surface area contributed by atoms with Crippen LogP contribution in [0, 0.1) is 5.92 Å². The van der Waals surface area contributed by atoms with E-state index in [9.17, 15) is 0 Å². The van der Waals surface area contributed by atoms with Gasteiger partial charge in [0.1, 0.15) is 0 Å². The van der Waals surface area contributed by atoms with Crippen molar-refractivity contribution < 1.29 is 0 Å². The molecule has 0 saturated heterocycles. The fourth-order valence-corrected chi connectivity index (χ4v) is 2.57. The van der Waals surface area contributed by atoms with Crippen LogP contribution in [0.5, 0.6) is 0 Å². The molecule has 12 heavy (non-hydrogen) atoms. The van der Waals surface area contributed by atoms with Crippen molar-refractivity contribution in [2.75, 3.05) is 0 Å². The van der Waals surface area contributed by atoms with Gasteiger partial charge in [-0.05, 0) is 44.9 Å². The first kappa shape index (κ1) is 8.34. The van der Waals surface area contributed by atoms with Gasteiger partial charge >= 0.3 is 0 Å². The van der Waals surface area contributed by atoms with Crippen molar-refractivity contribution in [3.05, 3.63) is 11.1 Å². The standard InChI is InChI=1S/C12H20/c1-10(12-8-5-9-12)11-6-3-2-4-7-11/h11H,2-9H2,1H3. The van der Waals surface area contributed by atoms with Crippen LogP contribution in [0.2, 0.25) is 0 Å². The summed E-state index contributed by atoms with van der Waals surface area (Å²) in [6, 6.07) is 0. The molecule has 0 spiro atoms. The molecule has 0 amide bonds. The molecule has 0 N–H and O–H groups in total. The lowest BCUT2D eigenvalue weighted by molar-refractivity contribution is 0.395. The molecule has 2 rings (SSSR count). The Morgan fingerprint density at radius 1 is 1.00 bits per heavy atom. The SMILES string of the molecule is CC(=C1CCC1)C1CCCCC1. The summed E-state index contributed by atoms with van der Waals surface area (Å²) in [6.45, 7) is 2.39. The minimum Gasteiger partial charge on any atom is -0.0710 e. The molecule has 0 radical (unpaired) electrons. The highest BCUT2D eigenvalue weighted by Crippen LogP contribution is 2.37. The maximum Gasteiger partial charge on any atom is -0.0203 e. The fourth-order valence-electron chi connectivity index (χ4n) is 2.57. The highest BCUT2D eigenvalue weighted by atomic mass is 14.3. The Hall–Kier alpha value is -0.260. The lowest BCUT2D eigenvalue weighted by atomic mass is 9.78. The molecule has 68 valence electrons. The van der Waals surface area contributed by atoms with E-state index in [2.05, 4.69) is 6.92 Å². The van der Waals surface area contributed by atoms with E-state index in [1.807, 2.05) is 5.57 Å². The van der Waals surface area contributed by atoms with Crippen molar-refractivity contribution >= 4 is 0 Å². The Morgan fingerprint density at radius 3 is 2.17 bits per heavy atom. The third-order valence-electron chi connectivity index (χ3n) is 3.73. The van der Waals surface area contributed by atoms with Crippen LogP contribution < -0.4 is 0 Å². The second-order valence-electron chi connectivity index (χ2n) is 4.48. The number of allylic oxidation sites excluding steroid dienone is 2. The van der Waals surface area contributed by atoms with E-state index < -0.39 is 0 Å². The first-order valence-corrected chi connectivity index (χ1v) is 5.56. The Kier molecular flexibility index (Phi) is 2.53. The summed E-state index contributed by atoms with van der Waals surface area (Å²) in [7, 11) is 0. The second-order valence-corrected chi connectivity index (χ2v) is 4.48. The molecule has 2 aliphatic rings. The lowest BCUT2D eigenvalue weighted by Crippen LogP contribution is -2.12. The zero-order chi connectivity index (χ0) is 8.39. The van der Waals surface area contributed by atoms with Gasteiger partial charge in [-0.15, -0.1) is 0 Å². The molecule has 0 aromatic carbocycles. The highest BCUT2D eigenvalue weighted by Gasteiger charge is 2.20. The average molecular weight is 164 g/mol. The largest absolute Gasteiger partial charge is 0.0710 e. The van der Waals surface area contributed by atoms with Crippen LogP contribution in [-0.4, -0.2) is 0 Å². The highest BCUT2D eigenvalue weighted by molar-refractivity contribution is 5.20. The predicted molar refractivity (Wildman–Crippen MR) is 53.1 cm³/mol. The number of hydrogen-bond acceptors (Lipinski definition) is 0. The normalized spacial score (nSPS) is 25.2. The molecule has 0 heteroatoms. The van der Waals surface area contributed by atoms with Crippen LogP contribution in [0.1, 0.15) is 58.3 Å². The molecule has 0 heterocycles. The molecule has 0 aromatic rings. The second kappa shape index (κ2) is 3.64. The fraction of sp³-hybridized carbons (Fsp3) is 0.833. The molecular formula is C12H20. The van der Waals surface area contributed by atoms with Crippen molar-refractivity contribution in [3.8, 4) is 0 Å². The molecule has 0 aromatic heterocycles. The monoisotopic (exact) mass is 164 g/mol. The molecule has 0 unspecified atom stereocenters. The third-order valence-corrected chi connectivity index (χ3v) is 3.73. The number of hydrogen-bond donors (Lipinski definition) is 0. The van der Waals surface area contributed by atoms with Crippen LogP contribution in [0.25, 0.3) is 0 Å². The van der Waals surface area contributed by atoms with E-state index in [1.54, 1.807) is 5.57 Å². The number of rotatable bonds is 1. The molecule has 2 fully saturated rings. The van der Waals surface area contributed by atoms with E-state index in [0.29, 0.717) is 0 Å². The van der Waals surface area contributed by atoms with Gasteiger partial charge in [0, 0.05) is 0 Å². The van der Waals surface area contributed by atoms with Crippen molar-refractivity contribution in [2.45, 2.75) is 58.3 Å². The lowest BCUT2D eigenvalue weighted by Gasteiger charge is -2.28. The van der Waals surface area contributed by atoms with Crippen LogP contribution in [0.3, 0.4) is 0 Å². The maximum absolute atomic E-state index is 2.39. The predicted octanol–water partition coefficient (Wildman–Crippen LogP) is 4.07. The zero-order valence-corrected chi connectivity index (χ0v) is 8.23. The summed E-state index contributed by atoms with van der Waals surface area (Å²) >= 11 is 0. The topological polar surface area (TPSA) is 0 Å². The van der Waals surface area contributed by atoms with Crippen LogP contribution in [0.15, 0.2) is 11.1 Å². The first-order valence-electron chi connectivity index (χ1n) is 5.56. The van der Waals surface area contributed by atoms with Crippen LogP contribution >= 0.6 is 0 Å². The van der Waals surface area contributed by atoms with E-state index in [0.717, 1.165) is 5.92 Å². The summed E-state index contributed by atoms with van der Waals surface area (Å²) in [5, 5.41) is 0. The van der Waals surface area contributed by atoms with Gasteiger partial charge in [0.2, 0.25) is 0 Å². The van der Waals surface area contributed by atoms with Crippen molar-refractivity contribution in [2.24, 2.45) is 5.92 Å². The van der Waals surface area contributed by atoms with Gasteiger partial charge in [0.05, 0.1) is 0 Å².